The standard InChI is InChI=1S/C5H7NO/c1-2-3-6-4-5(6)7/h2H,1,3-4H2. The lowest BCUT2D eigenvalue weighted by Gasteiger charge is -1.85. The maximum absolute atomic E-state index is 10.2. The van der Waals surface area contributed by atoms with Crippen LogP contribution in [0.1, 0.15) is 0 Å². The Morgan fingerprint density at radius 2 is 2.57 bits per heavy atom. The van der Waals surface area contributed by atoms with E-state index in [-0.39, 0.29) is 5.91 Å². The van der Waals surface area contributed by atoms with E-state index in [0.29, 0.717) is 6.54 Å². The van der Waals surface area contributed by atoms with Gasteiger partial charge in [-0.2, -0.15) is 0 Å². The van der Waals surface area contributed by atoms with Crippen LogP contribution in [0.5, 0.6) is 0 Å². The zero-order chi connectivity index (χ0) is 5.28. The van der Waals surface area contributed by atoms with Crippen LogP contribution < -0.4 is 0 Å². The molecule has 0 unspecified atom stereocenters. The molecule has 0 aromatic heterocycles. The first-order valence-electron chi connectivity index (χ1n) is 2.23. The van der Waals surface area contributed by atoms with Gasteiger partial charge in [-0.1, -0.05) is 6.08 Å². The minimum absolute atomic E-state index is 0.236. The van der Waals surface area contributed by atoms with E-state index >= 15 is 0 Å². The van der Waals surface area contributed by atoms with E-state index in [1.807, 2.05) is 0 Å². The first-order valence-corrected chi connectivity index (χ1v) is 2.23. The van der Waals surface area contributed by atoms with Gasteiger partial charge in [0, 0.05) is 6.54 Å². The Hall–Kier alpha value is -0.790. The van der Waals surface area contributed by atoms with E-state index in [0.717, 1.165) is 6.54 Å². The quantitative estimate of drug-likeness (QED) is 0.351. The fourth-order valence-electron chi connectivity index (χ4n) is 0.450. The number of hydrogen-bond acceptors (Lipinski definition) is 1. The summed E-state index contributed by atoms with van der Waals surface area (Å²) in [6, 6.07) is 0. The molecule has 0 spiro atoms. The van der Waals surface area contributed by atoms with Gasteiger partial charge < -0.3 is 4.90 Å². The summed E-state index contributed by atoms with van der Waals surface area (Å²) in [6.45, 7) is 4.83. The highest BCUT2D eigenvalue weighted by Gasteiger charge is 2.27. The van der Waals surface area contributed by atoms with Gasteiger partial charge in [0.05, 0.1) is 0 Å². The summed E-state index contributed by atoms with van der Waals surface area (Å²) >= 11 is 0. The Morgan fingerprint density at radius 3 is 2.71 bits per heavy atom. The normalized spacial score (nSPS) is 17.1. The first kappa shape index (κ1) is 4.37. The number of hydrogen-bond donors (Lipinski definition) is 0. The van der Waals surface area contributed by atoms with Crippen LogP contribution >= 0.6 is 0 Å². The largest absolute Gasteiger partial charge is 0.328 e. The molecule has 1 fully saturated rings. The van der Waals surface area contributed by atoms with Crippen LogP contribution in [0.15, 0.2) is 12.7 Å². The molecule has 1 saturated heterocycles. The number of carbonyl (C=O) groups is 1. The summed E-state index contributed by atoms with van der Waals surface area (Å²) in [6.07, 6.45) is 1.73. The van der Waals surface area contributed by atoms with Crippen LogP contribution in [0.3, 0.4) is 0 Å². The molecule has 1 aliphatic rings. The minimum Gasteiger partial charge on any atom is -0.328 e. The van der Waals surface area contributed by atoms with Crippen molar-refractivity contribution in [3.8, 4) is 0 Å². The molecule has 0 radical (unpaired) electrons. The van der Waals surface area contributed by atoms with Crippen molar-refractivity contribution < 1.29 is 4.79 Å². The Morgan fingerprint density at radius 1 is 2.00 bits per heavy atom. The fourth-order valence-corrected chi connectivity index (χ4v) is 0.450. The van der Waals surface area contributed by atoms with Gasteiger partial charge in [-0.25, -0.2) is 0 Å². The molecule has 0 aromatic rings. The minimum atomic E-state index is 0.236. The summed E-state index contributed by atoms with van der Waals surface area (Å²) in [5.74, 6) is 0.236. The molecule has 2 heteroatoms. The van der Waals surface area contributed by atoms with Gasteiger partial charge in [0.15, 0.2) is 0 Å². The third-order valence-corrected chi connectivity index (χ3v) is 0.925. The topological polar surface area (TPSA) is 20.1 Å². The second-order valence-electron chi connectivity index (χ2n) is 1.56. The summed E-state index contributed by atoms with van der Waals surface area (Å²) in [5, 5.41) is 0. The van der Waals surface area contributed by atoms with Crippen molar-refractivity contribution in [2.24, 2.45) is 0 Å². The highest BCUT2D eigenvalue weighted by atomic mass is 16.2. The molecule has 0 aromatic carbocycles. The van der Waals surface area contributed by atoms with Crippen LogP contribution in [-0.2, 0) is 4.79 Å². The van der Waals surface area contributed by atoms with E-state index in [4.69, 9.17) is 0 Å². The molecule has 1 aliphatic heterocycles. The Kier molecular flexibility index (Phi) is 0.855. The number of amides is 1. The number of nitrogens with zero attached hydrogens (tertiary/aromatic N) is 1. The van der Waals surface area contributed by atoms with Crippen molar-refractivity contribution in [3.05, 3.63) is 12.7 Å². The van der Waals surface area contributed by atoms with Crippen LogP contribution in [0, 0.1) is 0 Å². The highest BCUT2D eigenvalue weighted by Crippen LogP contribution is 2.03. The predicted molar refractivity (Wildman–Crippen MR) is 26.8 cm³/mol. The lowest BCUT2D eigenvalue weighted by molar-refractivity contribution is -0.113. The van der Waals surface area contributed by atoms with Gasteiger partial charge in [-0.15, -0.1) is 6.58 Å². The van der Waals surface area contributed by atoms with E-state index in [2.05, 4.69) is 6.58 Å². The highest BCUT2D eigenvalue weighted by molar-refractivity contribution is 5.92. The summed E-state index contributed by atoms with van der Waals surface area (Å²) in [7, 11) is 0. The van der Waals surface area contributed by atoms with E-state index in [1.165, 1.54) is 0 Å². The summed E-state index contributed by atoms with van der Waals surface area (Å²) < 4.78 is 0. The zero-order valence-electron chi connectivity index (χ0n) is 4.05. The number of rotatable bonds is 2. The molecule has 38 valence electrons. The van der Waals surface area contributed by atoms with Gasteiger partial charge in [0.25, 0.3) is 0 Å². The van der Waals surface area contributed by atoms with Gasteiger partial charge in [0.1, 0.15) is 6.54 Å². The maximum atomic E-state index is 10.2. The first-order chi connectivity index (χ1) is 3.34. The van der Waals surface area contributed by atoms with Crippen LogP contribution in [0.25, 0.3) is 0 Å². The molecule has 1 rings (SSSR count). The van der Waals surface area contributed by atoms with Gasteiger partial charge in [-0.05, 0) is 0 Å². The Bertz CT molecular complexity index is 109. The second kappa shape index (κ2) is 1.37. The lowest BCUT2D eigenvalue weighted by atomic mass is 10.6. The molecule has 0 aliphatic carbocycles. The molecule has 7 heavy (non-hydrogen) atoms. The second-order valence-corrected chi connectivity index (χ2v) is 1.56. The smallest absolute Gasteiger partial charge is 0.242 e. The molecule has 0 saturated carbocycles. The SMILES string of the molecule is C=CCN1CC1=O. The van der Waals surface area contributed by atoms with E-state index in [1.54, 1.807) is 11.0 Å². The summed E-state index contributed by atoms with van der Waals surface area (Å²) in [4.78, 5) is 11.9. The maximum Gasteiger partial charge on any atom is 0.242 e. The predicted octanol–water partition coefficient (Wildman–Crippen LogP) is 0.0146. The van der Waals surface area contributed by atoms with Crippen molar-refractivity contribution in [2.75, 3.05) is 13.1 Å². The van der Waals surface area contributed by atoms with Crippen molar-refractivity contribution in [3.63, 3.8) is 0 Å². The third-order valence-electron chi connectivity index (χ3n) is 0.925. The molecule has 0 bridgehead atoms. The molecule has 0 atom stereocenters. The lowest BCUT2D eigenvalue weighted by Crippen LogP contribution is -1.94. The van der Waals surface area contributed by atoms with Crippen molar-refractivity contribution in [1.82, 2.24) is 4.90 Å². The van der Waals surface area contributed by atoms with Crippen molar-refractivity contribution in [1.29, 1.82) is 0 Å². The number of carbonyl (C=O) groups excluding carboxylic acids is 1. The molecule has 1 amide bonds. The zero-order valence-corrected chi connectivity index (χ0v) is 4.05. The van der Waals surface area contributed by atoms with Crippen molar-refractivity contribution >= 4 is 5.91 Å². The van der Waals surface area contributed by atoms with E-state index in [9.17, 15) is 4.79 Å². The van der Waals surface area contributed by atoms with Crippen molar-refractivity contribution in [2.45, 2.75) is 0 Å². The van der Waals surface area contributed by atoms with E-state index < -0.39 is 0 Å². The molecule has 0 N–H and O–H groups in total. The monoisotopic (exact) mass is 97.1 g/mol. The van der Waals surface area contributed by atoms with Crippen LogP contribution in [0.2, 0.25) is 0 Å². The molecular weight excluding hydrogens is 90.1 g/mol. The fraction of sp³-hybridized carbons (Fsp3) is 0.400. The Balaban J connectivity index is 2.20. The van der Waals surface area contributed by atoms with Crippen LogP contribution in [0.4, 0.5) is 0 Å². The average molecular weight is 97.1 g/mol. The summed E-state index contributed by atoms with van der Waals surface area (Å²) in [5.41, 5.74) is 0. The third kappa shape index (κ3) is 0.796. The Labute approximate surface area is 42.4 Å². The molecule has 2 nitrogen and oxygen atoms in total. The molecule has 1 heterocycles. The van der Waals surface area contributed by atoms with Gasteiger partial charge in [-0.3, -0.25) is 4.79 Å². The van der Waals surface area contributed by atoms with Gasteiger partial charge >= 0.3 is 0 Å². The van der Waals surface area contributed by atoms with Crippen LogP contribution in [-0.4, -0.2) is 23.9 Å². The average Bonchev–Trinajstić information content (AvgIpc) is 2.22. The molecular formula is C5H7NO. The van der Waals surface area contributed by atoms with Gasteiger partial charge in [0.2, 0.25) is 5.91 Å².